The van der Waals surface area contributed by atoms with Crippen molar-refractivity contribution in [3.05, 3.63) is 0 Å². The fraction of sp³-hybridized carbons (Fsp3) is 0.889. The monoisotopic (exact) mass is 155 g/mol. The highest BCUT2D eigenvalue weighted by Gasteiger charge is 2.18. The maximum Gasteiger partial charge on any atom is 0.131 e. The molecule has 0 saturated carbocycles. The second-order valence-corrected chi connectivity index (χ2v) is 3.69. The van der Waals surface area contributed by atoms with Crippen LogP contribution >= 0.6 is 0 Å². The molecule has 0 spiro atoms. The van der Waals surface area contributed by atoms with Gasteiger partial charge in [-0.15, -0.1) is 0 Å². The highest BCUT2D eigenvalue weighted by molar-refractivity contribution is 5.76. The molecule has 2 nitrogen and oxygen atoms in total. The largest absolute Gasteiger partial charge is 0.314 e. The Morgan fingerprint density at radius 3 is 2.91 bits per heavy atom. The first-order valence-corrected chi connectivity index (χ1v) is 4.41. The number of carbonyl (C=O) groups is 1. The average molecular weight is 155 g/mol. The Morgan fingerprint density at radius 2 is 2.36 bits per heavy atom. The van der Waals surface area contributed by atoms with Crippen molar-refractivity contribution in [2.45, 2.75) is 39.2 Å². The Kier molecular flexibility index (Phi) is 3.06. The van der Waals surface area contributed by atoms with Crippen LogP contribution in [0.5, 0.6) is 0 Å². The van der Waals surface area contributed by atoms with E-state index in [4.69, 9.17) is 0 Å². The van der Waals surface area contributed by atoms with Gasteiger partial charge < -0.3 is 5.32 Å². The van der Waals surface area contributed by atoms with Gasteiger partial charge in [-0.05, 0) is 32.2 Å². The number of rotatable bonds is 2. The van der Waals surface area contributed by atoms with Gasteiger partial charge in [0.1, 0.15) is 5.78 Å². The number of ketones is 1. The molecular formula is C9H17NO. The third-order valence-electron chi connectivity index (χ3n) is 2.29. The fourth-order valence-electron chi connectivity index (χ4n) is 1.72. The van der Waals surface area contributed by atoms with E-state index in [1.54, 1.807) is 6.92 Å². The van der Waals surface area contributed by atoms with Gasteiger partial charge in [-0.1, -0.05) is 6.92 Å². The molecule has 1 rings (SSSR count). The molecule has 0 aromatic carbocycles. The van der Waals surface area contributed by atoms with E-state index >= 15 is 0 Å². The van der Waals surface area contributed by atoms with Crippen LogP contribution in [0.2, 0.25) is 0 Å². The first-order valence-electron chi connectivity index (χ1n) is 4.41. The van der Waals surface area contributed by atoms with E-state index < -0.39 is 0 Å². The second kappa shape index (κ2) is 3.86. The molecule has 1 aliphatic heterocycles. The van der Waals surface area contributed by atoms with Crippen LogP contribution < -0.4 is 5.32 Å². The molecule has 1 saturated heterocycles. The molecule has 0 amide bonds. The van der Waals surface area contributed by atoms with Gasteiger partial charge >= 0.3 is 0 Å². The maximum absolute atomic E-state index is 10.8. The number of nitrogens with one attached hydrogen (secondary N) is 1. The molecule has 0 aromatic heterocycles. The van der Waals surface area contributed by atoms with Crippen LogP contribution in [0.25, 0.3) is 0 Å². The number of hydrogen-bond acceptors (Lipinski definition) is 2. The smallest absolute Gasteiger partial charge is 0.131 e. The molecule has 64 valence electrons. The van der Waals surface area contributed by atoms with Crippen molar-refractivity contribution in [1.82, 2.24) is 5.32 Å². The van der Waals surface area contributed by atoms with Crippen LogP contribution in [0, 0.1) is 5.92 Å². The number of Topliss-reactive ketones (excluding diaryl/α,β-unsaturated/α-hetero) is 1. The van der Waals surface area contributed by atoms with Crippen LogP contribution in [0.1, 0.15) is 33.1 Å². The zero-order valence-electron chi connectivity index (χ0n) is 7.39. The molecule has 2 atom stereocenters. The van der Waals surface area contributed by atoms with Crippen LogP contribution in [0.15, 0.2) is 0 Å². The van der Waals surface area contributed by atoms with Gasteiger partial charge in [-0.2, -0.15) is 0 Å². The molecule has 0 aliphatic carbocycles. The summed E-state index contributed by atoms with van der Waals surface area (Å²) in [7, 11) is 0. The van der Waals surface area contributed by atoms with Gasteiger partial charge in [0.2, 0.25) is 0 Å². The predicted octanol–water partition coefficient (Wildman–Crippen LogP) is 1.35. The molecule has 11 heavy (non-hydrogen) atoms. The summed E-state index contributed by atoms with van der Waals surface area (Å²) >= 11 is 0. The third-order valence-corrected chi connectivity index (χ3v) is 2.29. The lowest BCUT2D eigenvalue weighted by Gasteiger charge is -2.27. The van der Waals surface area contributed by atoms with Crippen molar-refractivity contribution in [2.75, 3.05) is 6.54 Å². The van der Waals surface area contributed by atoms with Crippen molar-refractivity contribution < 1.29 is 4.79 Å². The Hall–Kier alpha value is -0.370. The van der Waals surface area contributed by atoms with Crippen molar-refractivity contribution in [3.8, 4) is 0 Å². The summed E-state index contributed by atoms with van der Waals surface area (Å²) in [5.41, 5.74) is 0. The minimum absolute atomic E-state index is 0.302. The summed E-state index contributed by atoms with van der Waals surface area (Å²) in [5.74, 6) is 1.09. The highest BCUT2D eigenvalue weighted by atomic mass is 16.1. The highest BCUT2D eigenvalue weighted by Crippen LogP contribution is 2.16. The molecule has 2 unspecified atom stereocenters. The summed E-state index contributed by atoms with van der Waals surface area (Å²) in [6, 6.07) is 0.455. The Bertz CT molecular complexity index is 144. The van der Waals surface area contributed by atoms with Crippen LogP contribution in [0.3, 0.4) is 0 Å². The summed E-state index contributed by atoms with van der Waals surface area (Å²) in [5, 5.41) is 3.36. The molecular weight excluding hydrogens is 138 g/mol. The van der Waals surface area contributed by atoms with Gasteiger partial charge in [0.15, 0.2) is 0 Å². The topological polar surface area (TPSA) is 29.1 Å². The lowest BCUT2D eigenvalue weighted by molar-refractivity contribution is -0.117. The van der Waals surface area contributed by atoms with Crippen molar-refractivity contribution in [2.24, 2.45) is 5.92 Å². The zero-order valence-corrected chi connectivity index (χ0v) is 7.39. The minimum Gasteiger partial charge on any atom is -0.314 e. The van der Waals surface area contributed by atoms with Crippen LogP contribution in [-0.2, 0) is 4.79 Å². The normalized spacial score (nSPS) is 31.8. The van der Waals surface area contributed by atoms with Gasteiger partial charge in [0, 0.05) is 12.5 Å². The van der Waals surface area contributed by atoms with E-state index in [2.05, 4.69) is 12.2 Å². The molecule has 1 aliphatic rings. The van der Waals surface area contributed by atoms with Crippen LogP contribution in [0.4, 0.5) is 0 Å². The standard InChI is InChI=1S/C9H17NO/c1-7-3-4-10-9(5-7)6-8(2)11/h7,9-10H,3-6H2,1-2H3. The van der Waals surface area contributed by atoms with E-state index in [1.165, 1.54) is 12.8 Å². The lowest BCUT2D eigenvalue weighted by atomic mass is 9.92. The quantitative estimate of drug-likeness (QED) is 0.652. The SMILES string of the molecule is CC(=O)CC1CC(C)CCN1. The first-order chi connectivity index (χ1) is 5.18. The molecule has 1 heterocycles. The molecule has 0 aromatic rings. The third kappa shape index (κ3) is 3.02. The van der Waals surface area contributed by atoms with E-state index in [9.17, 15) is 4.79 Å². The minimum atomic E-state index is 0.302. The summed E-state index contributed by atoms with van der Waals surface area (Å²) in [4.78, 5) is 10.8. The average Bonchev–Trinajstić information content (AvgIpc) is 1.85. The molecule has 2 heteroatoms. The summed E-state index contributed by atoms with van der Waals surface area (Å²) < 4.78 is 0. The van der Waals surface area contributed by atoms with Gasteiger partial charge in [-0.25, -0.2) is 0 Å². The second-order valence-electron chi connectivity index (χ2n) is 3.69. The maximum atomic E-state index is 10.8. The van der Waals surface area contributed by atoms with Crippen molar-refractivity contribution in [1.29, 1.82) is 0 Å². The lowest BCUT2D eigenvalue weighted by Crippen LogP contribution is -2.38. The Balaban J connectivity index is 2.28. The molecule has 1 fully saturated rings. The molecule has 1 N–H and O–H groups in total. The molecule has 0 radical (unpaired) electrons. The number of piperidine rings is 1. The van der Waals surface area contributed by atoms with E-state index in [0.29, 0.717) is 18.2 Å². The van der Waals surface area contributed by atoms with E-state index in [0.717, 1.165) is 12.5 Å². The molecule has 0 bridgehead atoms. The van der Waals surface area contributed by atoms with Gasteiger partial charge in [-0.3, -0.25) is 4.79 Å². The van der Waals surface area contributed by atoms with E-state index in [1.807, 2.05) is 0 Å². The number of carbonyl (C=O) groups excluding carboxylic acids is 1. The zero-order chi connectivity index (χ0) is 8.27. The van der Waals surface area contributed by atoms with Crippen molar-refractivity contribution in [3.63, 3.8) is 0 Å². The summed E-state index contributed by atoms with van der Waals surface area (Å²) in [6.45, 7) is 5.01. The number of hydrogen-bond donors (Lipinski definition) is 1. The predicted molar refractivity (Wildman–Crippen MR) is 45.5 cm³/mol. The Labute approximate surface area is 68.4 Å². The van der Waals surface area contributed by atoms with Gasteiger partial charge in [0.25, 0.3) is 0 Å². The van der Waals surface area contributed by atoms with Crippen LogP contribution in [-0.4, -0.2) is 18.4 Å². The van der Waals surface area contributed by atoms with E-state index in [-0.39, 0.29) is 0 Å². The summed E-state index contributed by atoms with van der Waals surface area (Å²) in [6.07, 6.45) is 3.14. The Morgan fingerprint density at radius 1 is 1.64 bits per heavy atom. The first kappa shape index (κ1) is 8.72. The fourth-order valence-corrected chi connectivity index (χ4v) is 1.72. The van der Waals surface area contributed by atoms with Gasteiger partial charge in [0.05, 0.1) is 0 Å². The van der Waals surface area contributed by atoms with Crippen molar-refractivity contribution >= 4 is 5.78 Å².